The number of benzene rings is 3. The van der Waals surface area contributed by atoms with Crippen molar-refractivity contribution in [3.63, 3.8) is 0 Å². The van der Waals surface area contributed by atoms with Crippen molar-refractivity contribution in [3.05, 3.63) is 90.3 Å². The Morgan fingerprint density at radius 1 is 0.914 bits per heavy atom. The quantitative estimate of drug-likeness (QED) is 0.305. The monoisotopic (exact) mass is 486 g/mol. The first-order valence-electron chi connectivity index (χ1n) is 11.3. The first kappa shape index (κ1) is 22.9. The minimum atomic E-state index is -2.96. The molecule has 3 aromatic carbocycles. The second-order valence-corrected chi connectivity index (χ2v) is 10.8. The lowest BCUT2D eigenvalue weighted by molar-refractivity contribution is 0.596. The van der Waals surface area contributed by atoms with Crippen molar-refractivity contribution in [2.45, 2.75) is 13.1 Å². The summed E-state index contributed by atoms with van der Waals surface area (Å²) >= 11 is 0. The SMILES string of the molecule is CS(=O)(=O)CCNCc1ccc2nc(Nc3ccc4c(cnn4Cc4ccccc4)c3)ncc2c1. The Labute approximate surface area is 204 Å². The molecule has 0 atom stereocenters. The summed E-state index contributed by atoms with van der Waals surface area (Å²) < 4.78 is 24.5. The van der Waals surface area contributed by atoms with Gasteiger partial charge in [-0.3, -0.25) is 4.68 Å². The van der Waals surface area contributed by atoms with Crippen LogP contribution >= 0.6 is 0 Å². The van der Waals surface area contributed by atoms with Crippen LogP contribution in [0.4, 0.5) is 11.6 Å². The van der Waals surface area contributed by atoms with E-state index in [-0.39, 0.29) is 5.75 Å². The third-order valence-corrected chi connectivity index (χ3v) is 6.64. The van der Waals surface area contributed by atoms with Gasteiger partial charge >= 0.3 is 0 Å². The largest absolute Gasteiger partial charge is 0.324 e. The molecule has 2 aromatic heterocycles. The lowest BCUT2D eigenvalue weighted by Crippen LogP contribution is -2.21. The molecule has 9 heteroatoms. The number of nitrogens with zero attached hydrogens (tertiary/aromatic N) is 4. The number of hydrogen-bond acceptors (Lipinski definition) is 7. The zero-order valence-corrected chi connectivity index (χ0v) is 20.2. The normalized spacial score (nSPS) is 11.8. The van der Waals surface area contributed by atoms with Gasteiger partial charge in [-0.05, 0) is 41.5 Å². The Bertz CT molecular complexity index is 1580. The van der Waals surface area contributed by atoms with E-state index in [0.29, 0.717) is 19.0 Å². The number of nitrogens with one attached hydrogen (secondary N) is 2. The van der Waals surface area contributed by atoms with Gasteiger partial charge in [0.2, 0.25) is 5.95 Å². The van der Waals surface area contributed by atoms with Crippen LogP contribution in [0.2, 0.25) is 0 Å². The Morgan fingerprint density at radius 3 is 2.60 bits per heavy atom. The summed E-state index contributed by atoms with van der Waals surface area (Å²) in [6.07, 6.45) is 4.90. The van der Waals surface area contributed by atoms with E-state index in [2.05, 4.69) is 43.9 Å². The van der Waals surface area contributed by atoms with Crippen LogP contribution in [-0.2, 0) is 22.9 Å². The fourth-order valence-electron chi connectivity index (χ4n) is 3.92. The molecular weight excluding hydrogens is 460 g/mol. The number of hydrogen-bond donors (Lipinski definition) is 2. The Morgan fingerprint density at radius 2 is 1.77 bits per heavy atom. The van der Waals surface area contributed by atoms with Crippen LogP contribution in [0, 0.1) is 0 Å². The maximum absolute atomic E-state index is 11.2. The molecule has 0 aliphatic carbocycles. The lowest BCUT2D eigenvalue weighted by atomic mass is 10.1. The molecule has 2 heterocycles. The van der Waals surface area contributed by atoms with E-state index >= 15 is 0 Å². The van der Waals surface area contributed by atoms with Gasteiger partial charge in [0.1, 0.15) is 9.84 Å². The molecule has 35 heavy (non-hydrogen) atoms. The van der Waals surface area contributed by atoms with Gasteiger partial charge in [0.15, 0.2) is 0 Å². The summed E-state index contributed by atoms with van der Waals surface area (Å²) in [4.78, 5) is 9.11. The topological polar surface area (TPSA) is 102 Å². The minimum absolute atomic E-state index is 0.123. The highest BCUT2D eigenvalue weighted by Gasteiger charge is 2.07. The summed E-state index contributed by atoms with van der Waals surface area (Å²) in [6, 6.07) is 22.3. The second-order valence-electron chi connectivity index (χ2n) is 8.58. The van der Waals surface area contributed by atoms with Gasteiger partial charge in [-0.15, -0.1) is 0 Å². The molecule has 0 aliphatic rings. The Kier molecular flexibility index (Phi) is 6.43. The number of aromatic nitrogens is 4. The second kappa shape index (κ2) is 9.81. The smallest absolute Gasteiger partial charge is 0.227 e. The Hall–Kier alpha value is -3.82. The van der Waals surface area contributed by atoms with Gasteiger partial charge in [0.25, 0.3) is 0 Å². The molecule has 0 saturated carbocycles. The highest BCUT2D eigenvalue weighted by Crippen LogP contribution is 2.23. The van der Waals surface area contributed by atoms with Gasteiger partial charge in [0.05, 0.1) is 29.5 Å². The number of anilines is 2. The minimum Gasteiger partial charge on any atom is -0.324 e. The highest BCUT2D eigenvalue weighted by molar-refractivity contribution is 7.90. The number of sulfone groups is 1. The van der Waals surface area contributed by atoms with Crippen molar-refractivity contribution >= 4 is 43.3 Å². The molecule has 0 aliphatic heterocycles. The third kappa shape index (κ3) is 5.82. The molecule has 0 amide bonds. The van der Waals surface area contributed by atoms with Crippen molar-refractivity contribution in [2.24, 2.45) is 0 Å². The van der Waals surface area contributed by atoms with Crippen LogP contribution in [0.3, 0.4) is 0 Å². The van der Waals surface area contributed by atoms with Crippen molar-refractivity contribution in [2.75, 3.05) is 23.9 Å². The first-order valence-corrected chi connectivity index (χ1v) is 13.4. The molecule has 178 valence electrons. The van der Waals surface area contributed by atoms with E-state index in [4.69, 9.17) is 0 Å². The summed E-state index contributed by atoms with van der Waals surface area (Å²) in [5, 5.41) is 13.0. The van der Waals surface area contributed by atoms with E-state index in [1.54, 1.807) is 6.20 Å². The van der Waals surface area contributed by atoms with Gasteiger partial charge in [0, 0.05) is 42.0 Å². The molecule has 0 bridgehead atoms. The zero-order valence-electron chi connectivity index (χ0n) is 19.3. The van der Waals surface area contributed by atoms with Crippen LogP contribution in [0.1, 0.15) is 11.1 Å². The van der Waals surface area contributed by atoms with Crippen LogP contribution in [0.5, 0.6) is 0 Å². The Balaban J connectivity index is 1.26. The molecule has 5 rings (SSSR count). The molecule has 0 spiro atoms. The molecule has 0 radical (unpaired) electrons. The van der Waals surface area contributed by atoms with E-state index in [1.165, 1.54) is 11.8 Å². The van der Waals surface area contributed by atoms with Crippen LogP contribution in [0.25, 0.3) is 21.8 Å². The number of rotatable bonds is 9. The molecule has 8 nitrogen and oxygen atoms in total. The van der Waals surface area contributed by atoms with E-state index in [0.717, 1.165) is 39.6 Å². The fourth-order valence-corrected chi connectivity index (χ4v) is 4.43. The van der Waals surface area contributed by atoms with Crippen molar-refractivity contribution in [1.29, 1.82) is 0 Å². The van der Waals surface area contributed by atoms with Gasteiger partial charge in [-0.2, -0.15) is 5.10 Å². The average Bonchev–Trinajstić information content (AvgIpc) is 3.24. The van der Waals surface area contributed by atoms with Crippen molar-refractivity contribution < 1.29 is 8.42 Å². The molecule has 0 unspecified atom stereocenters. The van der Waals surface area contributed by atoms with E-state index < -0.39 is 9.84 Å². The standard InChI is InChI=1S/C26H26N6O2S/c1-35(33,34)12-11-27-15-20-7-9-24-21(13-20)16-28-26(31-24)30-23-8-10-25-22(14-23)17-29-32(25)18-19-5-3-2-4-6-19/h2-10,13-14,16-17,27H,11-12,15,18H2,1H3,(H,28,30,31). The van der Waals surface area contributed by atoms with Gasteiger partial charge in [-0.25, -0.2) is 18.4 Å². The van der Waals surface area contributed by atoms with Crippen LogP contribution in [-0.4, -0.2) is 46.7 Å². The molecule has 0 fully saturated rings. The summed E-state index contributed by atoms with van der Waals surface area (Å²) in [7, 11) is -2.96. The number of fused-ring (bicyclic) bond motifs is 2. The maximum atomic E-state index is 11.2. The first-order chi connectivity index (χ1) is 16.9. The lowest BCUT2D eigenvalue weighted by Gasteiger charge is -2.08. The van der Waals surface area contributed by atoms with Gasteiger partial charge < -0.3 is 10.6 Å². The third-order valence-electron chi connectivity index (χ3n) is 5.70. The highest BCUT2D eigenvalue weighted by atomic mass is 32.2. The summed E-state index contributed by atoms with van der Waals surface area (Å²) in [5.41, 5.74) is 5.05. The van der Waals surface area contributed by atoms with E-state index in [1.807, 2.05) is 59.4 Å². The predicted molar refractivity (Wildman–Crippen MR) is 140 cm³/mol. The zero-order chi connectivity index (χ0) is 24.3. The predicted octanol–water partition coefficient (Wildman–Crippen LogP) is 3.91. The maximum Gasteiger partial charge on any atom is 0.227 e. The van der Waals surface area contributed by atoms with Crippen LogP contribution < -0.4 is 10.6 Å². The average molecular weight is 487 g/mol. The summed E-state index contributed by atoms with van der Waals surface area (Å²) in [6.45, 7) is 1.73. The fraction of sp³-hybridized carbons (Fsp3) is 0.192. The molecule has 5 aromatic rings. The van der Waals surface area contributed by atoms with Crippen LogP contribution in [0.15, 0.2) is 79.1 Å². The molecular formula is C26H26N6O2S. The van der Waals surface area contributed by atoms with Gasteiger partial charge in [-0.1, -0.05) is 36.4 Å². The van der Waals surface area contributed by atoms with Crippen molar-refractivity contribution in [1.82, 2.24) is 25.1 Å². The summed E-state index contributed by atoms with van der Waals surface area (Å²) in [5.74, 6) is 0.644. The van der Waals surface area contributed by atoms with Crippen molar-refractivity contribution in [3.8, 4) is 0 Å². The van der Waals surface area contributed by atoms with E-state index in [9.17, 15) is 8.42 Å². The molecule has 0 saturated heterocycles. The molecule has 2 N–H and O–H groups in total.